The molecule has 2 aromatic rings. The number of anilines is 1. The summed E-state index contributed by atoms with van der Waals surface area (Å²) in [5.41, 5.74) is 1.03. The van der Waals surface area contributed by atoms with Crippen molar-refractivity contribution in [2.45, 2.75) is 6.42 Å². The molecule has 1 N–H and O–H groups in total. The Labute approximate surface area is 143 Å². The molecule has 0 aromatic heterocycles. The maximum absolute atomic E-state index is 11.7. The fraction of sp³-hybridized carbons (Fsp3) is 0.176. The van der Waals surface area contributed by atoms with Crippen molar-refractivity contribution in [2.24, 2.45) is 0 Å². The van der Waals surface area contributed by atoms with E-state index < -0.39 is 23.4 Å². The lowest BCUT2D eigenvalue weighted by molar-refractivity contribution is -0.384. The van der Waals surface area contributed by atoms with Crippen molar-refractivity contribution >= 4 is 23.3 Å². The molecule has 0 saturated carbocycles. The lowest BCUT2D eigenvalue weighted by atomic mass is 10.1. The van der Waals surface area contributed by atoms with E-state index in [9.17, 15) is 19.7 Å². The average molecular weight is 344 g/mol. The molecule has 0 heterocycles. The molecule has 0 radical (unpaired) electrons. The lowest BCUT2D eigenvalue weighted by Gasteiger charge is -2.07. The Morgan fingerprint density at radius 3 is 2.28 bits per heavy atom. The predicted molar refractivity (Wildman–Crippen MR) is 89.4 cm³/mol. The number of non-ortho nitro benzene ring substituents is 1. The maximum atomic E-state index is 11.7. The van der Waals surface area contributed by atoms with Crippen molar-refractivity contribution in [1.29, 1.82) is 0 Å². The quantitative estimate of drug-likeness (QED) is 0.469. The number of hydrogen-bond acceptors (Lipinski definition) is 6. The molecule has 0 aliphatic heterocycles. The molecule has 8 nitrogen and oxygen atoms in total. The fourth-order valence-corrected chi connectivity index (χ4v) is 1.97. The van der Waals surface area contributed by atoms with Gasteiger partial charge in [-0.3, -0.25) is 19.7 Å². The summed E-state index contributed by atoms with van der Waals surface area (Å²) < 4.78 is 9.93. The number of nitro groups is 1. The van der Waals surface area contributed by atoms with Crippen molar-refractivity contribution in [3.05, 3.63) is 64.2 Å². The Morgan fingerprint density at radius 2 is 1.72 bits per heavy atom. The number of esters is 1. The highest BCUT2D eigenvalue weighted by Gasteiger charge is 2.10. The zero-order chi connectivity index (χ0) is 18.2. The van der Waals surface area contributed by atoms with E-state index in [2.05, 4.69) is 5.32 Å². The first kappa shape index (κ1) is 17.9. The second kappa shape index (κ2) is 8.44. The van der Waals surface area contributed by atoms with Crippen LogP contribution < -0.4 is 10.1 Å². The number of ether oxygens (including phenoxy) is 2. The second-order valence-corrected chi connectivity index (χ2v) is 5.04. The summed E-state index contributed by atoms with van der Waals surface area (Å²) in [6.07, 6.45) is 0.0365. The lowest BCUT2D eigenvalue weighted by Crippen LogP contribution is -2.21. The molecule has 25 heavy (non-hydrogen) atoms. The van der Waals surface area contributed by atoms with E-state index in [1.807, 2.05) is 0 Å². The van der Waals surface area contributed by atoms with Gasteiger partial charge >= 0.3 is 5.97 Å². The second-order valence-electron chi connectivity index (χ2n) is 5.04. The molecule has 8 heteroatoms. The van der Waals surface area contributed by atoms with Gasteiger partial charge in [-0.2, -0.15) is 0 Å². The summed E-state index contributed by atoms with van der Waals surface area (Å²) in [4.78, 5) is 33.5. The van der Waals surface area contributed by atoms with Crippen LogP contribution in [0.5, 0.6) is 5.75 Å². The number of nitrogens with zero attached hydrogens (tertiary/aromatic N) is 1. The zero-order valence-electron chi connectivity index (χ0n) is 13.4. The van der Waals surface area contributed by atoms with Gasteiger partial charge in [-0.05, 0) is 29.8 Å². The van der Waals surface area contributed by atoms with Gasteiger partial charge < -0.3 is 14.8 Å². The van der Waals surface area contributed by atoms with Crippen molar-refractivity contribution in [1.82, 2.24) is 0 Å². The van der Waals surface area contributed by atoms with Gasteiger partial charge in [0.25, 0.3) is 11.6 Å². The minimum absolute atomic E-state index is 0.0365. The molecule has 2 rings (SSSR count). The van der Waals surface area contributed by atoms with Gasteiger partial charge in [0.05, 0.1) is 18.5 Å². The number of benzene rings is 2. The summed E-state index contributed by atoms with van der Waals surface area (Å²) in [6.45, 7) is -0.439. The third kappa shape index (κ3) is 5.61. The van der Waals surface area contributed by atoms with Crippen molar-refractivity contribution < 1.29 is 24.0 Å². The number of carbonyl (C=O) groups is 2. The fourth-order valence-electron chi connectivity index (χ4n) is 1.97. The van der Waals surface area contributed by atoms with Crippen LogP contribution in [-0.2, 0) is 20.7 Å². The van der Waals surface area contributed by atoms with Gasteiger partial charge in [0.1, 0.15) is 5.75 Å². The molecule has 0 aliphatic carbocycles. The van der Waals surface area contributed by atoms with Crippen LogP contribution in [0.25, 0.3) is 0 Å². The van der Waals surface area contributed by atoms with Crippen molar-refractivity contribution in [2.75, 3.05) is 19.0 Å². The van der Waals surface area contributed by atoms with E-state index in [0.29, 0.717) is 11.4 Å². The number of carbonyl (C=O) groups excluding carboxylic acids is 2. The van der Waals surface area contributed by atoms with Crippen molar-refractivity contribution in [3.63, 3.8) is 0 Å². The van der Waals surface area contributed by atoms with E-state index in [4.69, 9.17) is 9.47 Å². The molecule has 2 aromatic carbocycles. The molecule has 0 saturated heterocycles. The predicted octanol–water partition coefficient (Wildman–Crippen LogP) is 2.33. The number of methoxy groups -OCH3 is 1. The van der Waals surface area contributed by atoms with Crippen LogP contribution in [0.15, 0.2) is 48.5 Å². The van der Waals surface area contributed by atoms with Gasteiger partial charge in [0.2, 0.25) is 0 Å². The average Bonchev–Trinajstić information content (AvgIpc) is 2.61. The number of amides is 1. The summed E-state index contributed by atoms with van der Waals surface area (Å²) in [6, 6.07) is 12.3. The first-order valence-corrected chi connectivity index (χ1v) is 7.31. The SMILES string of the molecule is COc1ccc(CC(=O)OCC(=O)Nc2ccc([N+](=O)[O-])cc2)cc1. The number of hydrogen-bond donors (Lipinski definition) is 1. The maximum Gasteiger partial charge on any atom is 0.310 e. The van der Waals surface area contributed by atoms with E-state index >= 15 is 0 Å². The highest BCUT2D eigenvalue weighted by molar-refractivity contribution is 5.93. The van der Waals surface area contributed by atoms with E-state index in [0.717, 1.165) is 5.56 Å². The number of nitro benzene ring substituents is 1. The van der Waals surface area contributed by atoms with E-state index in [1.165, 1.54) is 24.3 Å². The minimum atomic E-state index is -0.538. The first-order chi connectivity index (χ1) is 12.0. The van der Waals surface area contributed by atoms with Crippen LogP contribution >= 0.6 is 0 Å². The number of nitrogens with one attached hydrogen (secondary N) is 1. The molecule has 0 unspecified atom stereocenters. The smallest absolute Gasteiger partial charge is 0.310 e. The van der Waals surface area contributed by atoms with E-state index in [-0.39, 0.29) is 12.1 Å². The Balaban J connectivity index is 1.78. The van der Waals surface area contributed by atoms with Crippen molar-refractivity contribution in [3.8, 4) is 5.75 Å². The molecule has 0 atom stereocenters. The molecule has 130 valence electrons. The van der Waals surface area contributed by atoms with Crippen LogP contribution in [0.1, 0.15) is 5.56 Å². The van der Waals surface area contributed by atoms with Gasteiger partial charge in [-0.15, -0.1) is 0 Å². The summed E-state index contributed by atoms with van der Waals surface area (Å²) >= 11 is 0. The van der Waals surface area contributed by atoms with Crippen LogP contribution in [0, 0.1) is 10.1 Å². The summed E-state index contributed by atoms with van der Waals surface area (Å²) in [7, 11) is 1.55. The Morgan fingerprint density at radius 1 is 1.08 bits per heavy atom. The Bertz CT molecular complexity index is 756. The Kier molecular flexibility index (Phi) is 6.05. The first-order valence-electron chi connectivity index (χ1n) is 7.31. The highest BCUT2D eigenvalue weighted by atomic mass is 16.6. The monoisotopic (exact) mass is 344 g/mol. The van der Waals surface area contributed by atoms with Gasteiger partial charge in [-0.25, -0.2) is 0 Å². The third-order valence-electron chi connectivity index (χ3n) is 3.23. The normalized spacial score (nSPS) is 9.96. The molecular weight excluding hydrogens is 328 g/mol. The summed E-state index contributed by atoms with van der Waals surface area (Å²) in [5, 5.41) is 13.0. The molecule has 0 bridgehead atoms. The summed E-state index contributed by atoms with van der Waals surface area (Å²) in [5.74, 6) is -0.388. The largest absolute Gasteiger partial charge is 0.497 e. The van der Waals surface area contributed by atoms with Gasteiger partial charge in [0, 0.05) is 17.8 Å². The number of rotatable bonds is 7. The molecule has 0 aliphatic rings. The minimum Gasteiger partial charge on any atom is -0.497 e. The highest BCUT2D eigenvalue weighted by Crippen LogP contribution is 2.15. The van der Waals surface area contributed by atoms with Crippen LogP contribution in [0.3, 0.4) is 0 Å². The standard InChI is InChI=1S/C17H16N2O6/c1-24-15-8-2-12(3-9-15)10-17(21)25-11-16(20)18-13-4-6-14(7-5-13)19(22)23/h2-9H,10-11H2,1H3,(H,18,20). The Hall–Kier alpha value is -3.42. The third-order valence-corrected chi connectivity index (χ3v) is 3.23. The zero-order valence-corrected chi connectivity index (χ0v) is 13.4. The molecular formula is C17H16N2O6. The molecule has 0 spiro atoms. The van der Waals surface area contributed by atoms with E-state index in [1.54, 1.807) is 31.4 Å². The molecule has 1 amide bonds. The molecule has 0 fully saturated rings. The van der Waals surface area contributed by atoms with Gasteiger partial charge in [0.15, 0.2) is 6.61 Å². The van der Waals surface area contributed by atoms with Crippen LogP contribution in [-0.4, -0.2) is 30.5 Å². The topological polar surface area (TPSA) is 108 Å². The van der Waals surface area contributed by atoms with Crippen LogP contribution in [0.2, 0.25) is 0 Å². The van der Waals surface area contributed by atoms with Crippen LogP contribution in [0.4, 0.5) is 11.4 Å². The van der Waals surface area contributed by atoms with Gasteiger partial charge in [-0.1, -0.05) is 12.1 Å².